The van der Waals surface area contributed by atoms with E-state index in [4.69, 9.17) is 9.72 Å². The summed E-state index contributed by atoms with van der Waals surface area (Å²) in [5.74, 6) is 2.82. The van der Waals surface area contributed by atoms with Crippen LogP contribution in [0.5, 0.6) is 5.75 Å². The molecule has 0 spiro atoms. The van der Waals surface area contributed by atoms with E-state index in [1.165, 1.54) is 41.6 Å². The maximum atomic E-state index is 5.82. The Bertz CT molecular complexity index is 784. The molecule has 1 aliphatic heterocycles. The van der Waals surface area contributed by atoms with Crippen molar-refractivity contribution in [2.24, 2.45) is 5.92 Å². The molecule has 2 aliphatic rings. The third-order valence-corrected chi connectivity index (χ3v) is 6.07. The zero-order chi connectivity index (χ0) is 18.1. The Kier molecular flexibility index (Phi) is 4.97. The fraction of sp³-hybridized carbons (Fsp3) is 0.565. The molecular formula is C23H30N2O. The number of hydrogen-bond donors (Lipinski definition) is 0. The lowest BCUT2D eigenvalue weighted by molar-refractivity contribution is 0.284. The van der Waals surface area contributed by atoms with Crippen molar-refractivity contribution in [3.63, 3.8) is 0 Å². The molecule has 26 heavy (non-hydrogen) atoms. The number of rotatable bonds is 4. The van der Waals surface area contributed by atoms with Gasteiger partial charge in [0, 0.05) is 18.1 Å². The van der Waals surface area contributed by atoms with Crippen LogP contribution in [0.1, 0.15) is 79.9 Å². The van der Waals surface area contributed by atoms with Crippen molar-refractivity contribution in [2.75, 3.05) is 6.61 Å². The summed E-state index contributed by atoms with van der Waals surface area (Å²) in [6, 6.07) is 4.64. The van der Waals surface area contributed by atoms with Crippen LogP contribution >= 0.6 is 0 Å². The molecule has 0 saturated carbocycles. The second-order valence-electron chi connectivity index (χ2n) is 8.44. The Balaban J connectivity index is 1.45. The predicted molar refractivity (Wildman–Crippen MR) is 105 cm³/mol. The molecule has 1 aliphatic carbocycles. The van der Waals surface area contributed by atoms with Gasteiger partial charge in [-0.3, -0.25) is 9.97 Å². The van der Waals surface area contributed by atoms with Crippen LogP contribution in [0.3, 0.4) is 0 Å². The number of aromatic nitrogens is 2. The van der Waals surface area contributed by atoms with Gasteiger partial charge in [-0.25, -0.2) is 0 Å². The number of nitrogens with zero attached hydrogens (tertiary/aromatic N) is 2. The second kappa shape index (κ2) is 7.38. The van der Waals surface area contributed by atoms with Crippen molar-refractivity contribution in [3.05, 3.63) is 52.6 Å². The van der Waals surface area contributed by atoms with Crippen LogP contribution in [0.2, 0.25) is 0 Å². The third-order valence-electron chi connectivity index (χ3n) is 6.07. The minimum Gasteiger partial charge on any atom is -0.492 e. The number of aryl methyl sites for hydroxylation is 2. The zero-order valence-corrected chi connectivity index (χ0v) is 16.3. The molecule has 3 heteroatoms. The van der Waals surface area contributed by atoms with Crippen LogP contribution in [0.25, 0.3) is 0 Å². The molecule has 4 rings (SSSR count). The molecular weight excluding hydrogens is 320 g/mol. The fourth-order valence-electron chi connectivity index (χ4n) is 4.36. The summed E-state index contributed by atoms with van der Waals surface area (Å²) in [6.45, 7) is 7.66. The van der Waals surface area contributed by atoms with Crippen LogP contribution in [0.15, 0.2) is 24.5 Å². The van der Waals surface area contributed by atoms with Crippen molar-refractivity contribution in [3.8, 4) is 5.75 Å². The molecule has 0 fully saturated rings. The molecule has 0 amide bonds. The van der Waals surface area contributed by atoms with Gasteiger partial charge in [-0.05, 0) is 79.0 Å². The lowest BCUT2D eigenvalue weighted by Gasteiger charge is -2.27. The van der Waals surface area contributed by atoms with Gasteiger partial charge >= 0.3 is 0 Å². The van der Waals surface area contributed by atoms with E-state index >= 15 is 0 Å². The summed E-state index contributed by atoms with van der Waals surface area (Å²) in [5.41, 5.74) is 6.62. The number of fused-ring (bicyclic) bond motifs is 2. The Labute approximate surface area is 157 Å². The van der Waals surface area contributed by atoms with Crippen molar-refractivity contribution in [2.45, 2.75) is 71.1 Å². The Morgan fingerprint density at radius 1 is 1.04 bits per heavy atom. The summed E-state index contributed by atoms with van der Waals surface area (Å²) in [7, 11) is 0. The highest BCUT2D eigenvalue weighted by Crippen LogP contribution is 2.35. The van der Waals surface area contributed by atoms with E-state index in [-0.39, 0.29) is 0 Å². The topological polar surface area (TPSA) is 35.0 Å². The first-order valence-corrected chi connectivity index (χ1v) is 10.2. The van der Waals surface area contributed by atoms with Crippen molar-refractivity contribution < 1.29 is 4.74 Å². The first-order chi connectivity index (χ1) is 12.6. The molecule has 2 aromatic rings. The van der Waals surface area contributed by atoms with Crippen LogP contribution in [-0.4, -0.2) is 16.6 Å². The van der Waals surface area contributed by atoms with Crippen molar-refractivity contribution in [1.29, 1.82) is 0 Å². The molecule has 2 atom stereocenters. The summed E-state index contributed by atoms with van der Waals surface area (Å²) >= 11 is 0. The molecule has 2 aromatic heterocycles. The Morgan fingerprint density at radius 2 is 1.85 bits per heavy atom. The summed E-state index contributed by atoms with van der Waals surface area (Å²) in [5, 5.41) is 0. The molecule has 2 unspecified atom stereocenters. The van der Waals surface area contributed by atoms with Gasteiger partial charge in [-0.2, -0.15) is 0 Å². The van der Waals surface area contributed by atoms with Crippen molar-refractivity contribution >= 4 is 0 Å². The quantitative estimate of drug-likeness (QED) is 0.758. The summed E-state index contributed by atoms with van der Waals surface area (Å²) < 4.78 is 5.82. The van der Waals surface area contributed by atoms with Gasteiger partial charge in [0.05, 0.1) is 12.3 Å². The maximum absolute atomic E-state index is 5.82. The molecule has 138 valence electrons. The number of pyridine rings is 2. The molecule has 3 nitrogen and oxygen atoms in total. The largest absolute Gasteiger partial charge is 0.492 e. The smallest absolute Gasteiger partial charge is 0.141 e. The Hall–Kier alpha value is -1.90. The average molecular weight is 351 g/mol. The van der Waals surface area contributed by atoms with E-state index in [0.29, 0.717) is 11.8 Å². The van der Waals surface area contributed by atoms with Gasteiger partial charge in [0.2, 0.25) is 0 Å². The fourth-order valence-corrected chi connectivity index (χ4v) is 4.36. The van der Waals surface area contributed by atoms with Crippen LogP contribution in [0.4, 0.5) is 0 Å². The monoisotopic (exact) mass is 350 g/mol. The van der Waals surface area contributed by atoms with Gasteiger partial charge in [-0.1, -0.05) is 26.8 Å². The lowest BCUT2D eigenvalue weighted by Crippen LogP contribution is -2.18. The highest BCUT2D eigenvalue weighted by atomic mass is 16.5. The van der Waals surface area contributed by atoms with E-state index in [0.717, 1.165) is 43.2 Å². The minimum absolute atomic E-state index is 0.520. The second-order valence-corrected chi connectivity index (χ2v) is 8.44. The average Bonchev–Trinajstić information content (AvgIpc) is 2.67. The molecule has 3 heterocycles. The molecule has 0 bridgehead atoms. The van der Waals surface area contributed by atoms with Crippen molar-refractivity contribution in [1.82, 2.24) is 9.97 Å². The molecule has 0 radical (unpaired) electrons. The maximum Gasteiger partial charge on any atom is 0.141 e. The summed E-state index contributed by atoms with van der Waals surface area (Å²) in [6.07, 6.45) is 11.0. The van der Waals surface area contributed by atoms with Crippen LogP contribution in [-0.2, 0) is 19.3 Å². The van der Waals surface area contributed by atoms with Gasteiger partial charge < -0.3 is 4.74 Å². The molecule has 0 saturated heterocycles. The highest BCUT2D eigenvalue weighted by molar-refractivity contribution is 5.34. The van der Waals surface area contributed by atoms with E-state index in [9.17, 15) is 0 Å². The van der Waals surface area contributed by atoms with Gasteiger partial charge in [0.25, 0.3) is 0 Å². The van der Waals surface area contributed by atoms with Gasteiger partial charge in [0.1, 0.15) is 5.75 Å². The van der Waals surface area contributed by atoms with Crippen LogP contribution in [0, 0.1) is 5.92 Å². The van der Waals surface area contributed by atoms with E-state index in [1.54, 1.807) is 0 Å². The minimum atomic E-state index is 0.520. The van der Waals surface area contributed by atoms with Gasteiger partial charge in [-0.15, -0.1) is 0 Å². The molecule has 0 N–H and O–H groups in total. The van der Waals surface area contributed by atoms with E-state index < -0.39 is 0 Å². The first kappa shape index (κ1) is 17.5. The lowest BCUT2D eigenvalue weighted by atomic mass is 9.79. The zero-order valence-electron chi connectivity index (χ0n) is 16.3. The highest BCUT2D eigenvalue weighted by Gasteiger charge is 2.23. The summed E-state index contributed by atoms with van der Waals surface area (Å²) in [4.78, 5) is 9.40. The standard InChI is InChI=1S/C23H30N2O/c1-15(2)19-11-18-10-17(6-7-21(18)24-13-19)9-16(3)20-12-23-22(25-14-20)5-4-8-26-23/h11-17H,4-10H2,1-3H3. The third kappa shape index (κ3) is 3.62. The van der Waals surface area contributed by atoms with Crippen LogP contribution < -0.4 is 4.74 Å². The molecule has 0 aromatic carbocycles. The number of ether oxygens (including phenoxy) is 1. The SMILES string of the molecule is CC(C)c1cnc2c(c1)CC(CC(C)c1cnc3c(c1)OCCC3)CC2. The van der Waals surface area contributed by atoms with E-state index in [2.05, 4.69) is 50.3 Å². The Morgan fingerprint density at radius 3 is 2.69 bits per heavy atom. The van der Waals surface area contributed by atoms with E-state index in [1.807, 2.05) is 0 Å². The number of hydrogen-bond acceptors (Lipinski definition) is 3. The predicted octanol–water partition coefficient (Wildman–Crippen LogP) is 5.22. The van der Waals surface area contributed by atoms with Gasteiger partial charge in [0.15, 0.2) is 0 Å². The normalized spacial score (nSPS) is 20.2. The first-order valence-electron chi connectivity index (χ1n) is 10.2.